The molecule has 0 spiro atoms. The van der Waals surface area contributed by atoms with Gasteiger partial charge in [-0.15, -0.1) is 0 Å². The number of primary amides is 1. The Balaban J connectivity index is 1.92. The lowest BCUT2D eigenvalue weighted by molar-refractivity contribution is 0.0966. The molecule has 8 nitrogen and oxygen atoms in total. The Hall–Kier alpha value is -3.66. The van der Waals surface area contributed by atoms with Gasteiger partial charge in [0, 0.05) is 23.1 Å². The van der Waals surface area contributed by atoms with Crippen molar-refractivity contribution in [2.24, 2.45) is 5.73 Å². The Morgan fingerprint density at radius 1 is 1.13 bits per heavy atom. The summed E-state index contributed by atoms with van der Waals surface area (Å²) in [7, 11) is 0. The first-order valence-electron chi connectivity index (χ1n) is 9.03. The van der Waals surface area contributed by atoms with E-state index >= 15 is 0 Å². The van der Waals surface area contributed by atoms with Crippen LogP contribution in [0.2, 0.25) is 0 Å². The van der Waals surface area contributed by atoms with Gasteiger partial charge in [0.25, 0.3) is 5.91 Å². The minimum Gasteiger partial charge on any atom is -0.364 e. The van der Waals surface area contributed by atoms with Crippen molar-refractivity contribution in [2.75, 3.05) is 0 Å². The Bertz CT molecular complexity index is 1320. The number of nitrogens with zero attached hydrogens (tertiary/aromatic N) is 4. The number of rotatable bonds is 6. The predicted octanol–water partition coefficient (Wildman–Crippen LogP) is 2.46. The van der Waals surface area contributed by atoms with Crippen LogP contribution in [0.25, 0.3) is 22.6 Å². The number of nitrogens with two attached hydrogens (primary N) is 1. The maximum Gasteiger partial charge on any atom is 0.330 e. The fourth-order valence-corrected chi connectivity index (χ4v) is 3.84. The van der Waals surface area contributed by atoms with E-state index in [2.05, 4.69) is 9.97 Å². The summed E-state index contributed by atoms with van der Waals surface area (Å²) in [5, 5.41) is 3.65. The van der Waals surface area contributed by atoms with E-state index in [1.807, 2.05) is 10.8 Å². The molecule has 10 heteroatoms. The van der Waals surface area contributed by atoms with Gasteiger partial charge in [-0.25, -0.2) is 19.2 Å². The number of hydrogen-bond donors (Lipinski definition) is 1. The summed E-state index contributed by atoms with van der Waals surface area (Å²) in [6, 6.07) is 6.79. The summed E-state index contributed by atoms with van der Waals surface area (Å²) >= 11 is 1.44. The predicted molar refractivity (Wildman–Crippen MR) is 110 cm³/mol. The first kappa shape index (κ1) is 19.6. The smallest absolute Gasteiger partial charge is 0.330 e. The molecule has 2 N–H and O–H groups in total. The quantitative estimate of drug-likeness (QED) is 0.477. The number of amides is 1. The molecule has 0 radical (unpaired) electrons. The molecule has 0 saturated carbocycles. The summed E-state index contributed by atoms with van der Waals surface area (Å²) < 4.78 is 15.7. The molecule has 3 aromatic heterocycles. The third kappa shape index (κ3) is 3.30. The van der Waals surface area contributed by atoms with Gasteiger partial charge >= 0.3 is 5.69 Å². The Labute approximate surface area is 173 Å². The van der Waals surface area contributed by atoms with Crippen LogP contribution in [0.1, 0.15) is 27.8 Å². The van der Waals surface area contributed by atoms with Crippen molar-refractivity contribution < 1.29 is 14.0 Å². The molecule has 0 atom stereocenters. The van der Waals surface area contributed by atoms with Crippen LogP contribution in [-0.4, -0.2) is 30.8 Å². The van der Waals surface area contributed by atoms with Gasteiger partial charge in [-0.3, -0.25) is 18.7 Å². The number of aromatic nitrogens is 4. The van der Waals surface area contributed by atoms with E-state index < -0.39 is 23.2 Å². The largest absolute Gasteiger partial charge is 0.364 e. The first-order valence-corrected chi connectivity index (χ1v) is 9.97. The molecule has 152 valence electrons. The van der Waals surface area contributed by atoms with Crippen LogP contribution in [0.3, 0.4) is 0 Å². The van der Waals surface area contributed by atoms with Gasteiger partial charge in [0.2, 0.25) is 0 Å². The Morgan fingerprint density at radius 3 is 2.47 bits per heavy atom. The molecule has 1 aromatic carbocycles. The monoisotopic (exact) mass is 425 g/mol. The highest BCUT2D eigenvalue weighted by Gasteiger charge is 2.24. The molecule has 0 aliphatic rings. The van der Waals surface area contributed by atoms with E-state index in [1.165, 1.54) is 28.0 Å². The lowest BCUT2D eigenvalue weighted by atomic mass is 10.1. The topological polar surface area (TPSA) is 113 Å². The third-order valence-corrected chi connectivity index (χ3v) is 5.33. The van der Waals surface area contributed by atoms with Crippen LogP contribution in [0.15, 0.2) is 45.9 Å². The van der Waals surface area contributed by atoms with E-state index in [1.54, 1.807) is 13.0 Å². The van der Waals surface area contributed by atoms with Crippen molar-refractivity contribution in [3.63, 3.8) is 0 Å². The van der Waals surface area contributed by atoms with E-state index in [4.69, 9.17) is 5.73 Å². The van der Waals surface area contributed by atoms with E-state index in [-0.39, 0.29) is 41.3 Å². The van der Waals surface area contributed by atoms with Crippen LogP contribution in [0.5, 0.6) is 0 Å². The Morgan fingerprint density at radius 2 is 1.87 bits per heavy atom. The van der Waals surface area contributed by atoms with Crippen LogP contribution in [0, 0.1) is 5.82 Å². The number of benzene rings is 1. The van der Waals surface area contributed by atoms with Gasteiger partial charge in [0.05, 0.1) is 6.54 Å². The highest BCUT2D eigenvalue weighted by molar-refractivity contribution is 7.08. The van der Waals surface area contributed by atoms with Crippen LogP contribution in [0.4, 0.5) is 4.39 Å². The van der Waals surface area contributed by atoms with Crippen molar-refractivity contribution in [1.82, 2.24) is 19.1 Å². The van der Waals surface area contributed by atoms with Gasteiger partial charge in [-0.05, 0) is 42.6 Å². The number of carbonyl (C=O) groups is 2. The van der Waals surface area contributed by atoms with Gasteiger partial charge in [-0.2, -0.15) is 11.3 Å². The van der Waals surface area contributed by atoms with Crippen LogP contribution >= 0.6 is 11.3 Å². The molecule has 1 amide bonds. The molecule has 3 heterocycles. The Kier molecular flexibility index (Phi) is 5.00. The molecule has 0 bridgehead atoms. The lowest BCUT2D eigenvalue weighted by Crippen LogP contribution is -2.27. The van der Waals surface area contributed by atoms with Crippen molar-refractivity contribution in [1.29, 1.82) is 0 Å². The van der Waals surface area contributed by atoms with Gasteiger partial charge < -0.3 is 5.73 Å². The average Bonchev–Trinajstić information content (AvgIpc) is 3.35. The normalized spacial score (nSPS) is 11.1. The number of fused-ring (bicyclic) bond motifs is 1. The van der Waals surface area contributed by atoms with Gasteiger partial charge in [0.1, 0.15) is 11.3 Å². The number of thiophene rings is 1. The molecule has 30 heavy (non-hydrogen) atoms. The molecule has 0 saturated heterocycles. The molecule has 4 rings (SSSR count). The maximum atomic E-state index is 13.2. The number of carbonyl (C=O) groups excluding carboxylic acids is 2. The first-order chi connectivity index (χ1) is 14.4. The van der Waals surface area contributed by atoms with E-state index in [0.29, 0.717) is 5.56 Å². The highest BCUT2D eigenvalue weighted by atomic mass is 32.1. The van der Waals surface area contributed by atoms with Gasteiger partial charge in [-0.1, -0.05) is 0 Å². The minimum atomic E-state index is -0.838. The maximum absolute atomic E-state index is 13.2. The van der Waals surface area contributed by atoms with E-state index in [9.17, 15) is 18.8 Å². The number of Topliss-reactive ketones (excluding diaryl/α,β-unsaturated/α-hetero) is 1. The van der Waals surface area contributed by atoms with Gasteiger partial charge in [0.15, 0.2) is 22.9 Å². The molecule has 0 aliphatic heterocycles. The second-order valence-corrected chi connectivity index (χ2v) is 7.27. The molecular weight excluding hydrogens is 409 g/mol. The molecule has 4 aromatic rings. The van der Waals surface area contributed by atoms with Crippen molar-refractivity contribution in [2.45, 2.75) is 20.0 Å². The highest BCUT2D eigenvalue weighted by Crippen LogP contribution is 2.23. The second-order valence-electron chi connectivity index (χ2n) is 6.49. The zero-order valence-electron chi connectivity index (χ0n) is 15.8. The fraction of sp³-hybridized carbons (Fsp3) is 0.150. The fourth-order valence-electron chi connectivity index (χ4n) is 3.21. The van der Waals surface area contributed by atoms with Crippen molar-refractivity contribution in [3.8, 4) is 11.4 Å². The zero-order valence-corrected chi connectivity index (χ0v) is 16.6. The number of ketones is 1. The second kappa shape index (κ2) is 7.64. The van der Waals surface area contributed by atoms with Crippen LogP contribution < -0.4 is 11.4 Å². The molecule has 0 aliphatic carbocycles. The third-order valence-electron chi connectivity index (χ3n) is 4.65. The summed E-state index contributed by atoms with van der Waals surface area (Å²) in [5.41, 5.74) is 6.14. The molecular formula is C20H16FN5O3S. The number of halogens is 1. The summed E-state index contributed by atoms with van der Waals surface area (Å²) in [4.78, 5) is 46.6. The minimum absolute atomic E-state index is 0.101. The number of imidazole rings is 1. The average molecular weight is 425 g/mol. The molecule has 0 fully saturated rings. The van der Waals surface area contributed by atoms with Crippen molar-refractivity contribution >= 4 is 34.2 Å². The summed E-state index contributed by atoms with van der Waals surface area (Å²) in [6.07, 6.45) is 0. The standard InChI is InChI=1S/C20H16FN5O3S/c1-2-25-19-16(15(17(22)28)23-18(24-19)12-7-8-30-10-12)26(20(25)29)9-14(27)11-3-5-13(21)6-4-11/h3-8,10H,2,9H2,1H3,(H2,22,28). The number of aryl methyl sites for hydroxylation is 1. The zero-order chi connectivity index (χ0) is 21.4. The van der Waals surface area contributed by atoms with Crippen molar-refractivity contribution in [3.05, 3.63) is 68.7 Å². The van der Waals surface area contributed by atoms with Crippen LogP contribution in [-0.2, 0) is 13.1 Å². The number of hydrogen-bond acceptors (Lipinski definition) is 6. The summed E-state index contributed by atoms with van der Waals surface area (Å²) in [6.45, 7) is 1.66. The SMILES string of the molecule is CCn1c(=O)n(CC(=O)c2ccc(F)cc2)c2c(C(N)=O)nc(-c3ccsc3)nc21. The summed E-state index contributed by atoms with van der Waals surface area (Å²) in [5.74, 6) is -1.47. The lowest BCUT2D eigenvalue weighted by Gasteiger charge is -2.07. The molecule has 0 unspecified atom stereocenters. The van der Waals surface area contributed by atoms with E-state index in [0.717, 1.165) is 16.7 Å².